The number of benzene rings is 7. The van der Waals surface area contributed by atoms with Gasteiger partial charge in [-0.25, -0.2) is 9.97 Å². The van der Waals surface area contributed by atoms with E-state index in [4.69, 9.17) is 18.8 Å². The smallest absolute Gasteiger partial charge is 0.180 e. The number of para-hydroxylation sites is 5. The van der Waals surface area contributed by atoms with E-state index in [1.807, 2.05) is 30.3 Å². The fourth-order valence-electron chi connectivity index (χ4n) is 7.71. The van der Waals surface area contributed by atoms with Crippen LogP contribution >= 0.6 is 0 Å². The van der Waals surface area contributed by atoms with Gasteiger partial charge in [-0.15, -0.1) is 0 Å². The molecule has 4 aromatic heterocycles. The highest BCUT2D eigenvalue weighted by Crippen LogP contribution is 2.40. The average molecular weight is 654 g/mol. The van der Waals surface area contributed by atoms with Gasteiger partial charge in [0.1, 0.15) is 28.0 Å². The summed E-state index contributed by atoms with van der Waals surface area (Å²) >= 11 is 0. The number of hydrogen-bond donors (Lipinski definition) is 0. The van der Waals surface area contributed by atoms with Crippen molar-refractivity contribution in [2.24, 2.45) is 0 Å². The highest BCUT2D eigenvalue weighted by atomic mass is 16.3. The van der Waals surface area contributed by atoms with Crippen molar-refractivity contribution >= 4 is 65.8 Å². The van der Waals surface area contributed by atoms with Gasteiger partial charge < -0.3 is 13.4 Å². The fraction of sp³-hybridized carbons (Fsp3) is 0. The molecule has 0 spiro atoms. The molecule has 4 heterocycles. The monoisotopic (exact) mass is 653 g/mol. The zero-order valence-electron chi connectivity index (χ0n) is 27.2. The molecule has 51 heavy (non-hydrogen) atoms. The van der Waals surface area contributed by atoms with E-state index in [1.165, 1.54) is 10.8 Å². The van der Waals surface area contributed by atoms with Crippen LogP contribution < -0.4 is 0 Å². The van der Waals surface area contributed by atoms with Crippen LogP contribution in [0, 0.1) is 0 Å². The first kappa shape index (κ1) is 27.9. The molecular formula is C46H27N3O2. The molecular weight excluding hydrogens is 627 g/mol. The number of nitrogens with zero attached hydrogens (tertiary/aromatic N) is 3. The van der Waals surface area contributed by atoms with Crippen LogP contribution in [-0.4, -0.2) is 14.5 Å². The van der Waals surface area contributed by atoms with E-state index in [0.29, 0.717) is 11.4 Å². The molecule has 0 aliphatic heterocycles. The average Bonchev–Trinajstić information content (AvgIpc) is 3.87. The van der Waals surface area contributed by atoms with E-state index in [9.17, 15) is 0 Å². The first-order valence-corrected chi connectivity index (χ1v) is 17.1. The van der Waals surface area contributed by atoms with Gasteiger partial charge in [0.25, 0.3) is 0 Å². The standard InChI is InChI=1S/C46H27N3O2/c1-5-22-38-33(16-1)34-17-2-6-23-39(34)49(38)31-15-10-14-30(27-31)46-47-42(45-43(48-46)37-19-4-8-25-41(37)51-45)29-13-9-12-28(26-29)32-20-11-21-36-35-18-3-7-24-40(35)50-44(32)36/h1-27H. The lowest BCUT2D eigenvalue weighted by molar-refractivity contribution is 0.667. The Balaban J connectivity index is 1.12. The van der Waals surface area contributed by atoms with Gasteiger partial charge in [-0.2, -0.15) is 0 Å². The molecule has 0 bridgehead atoms. The van der Waals surface area contributed by atoms with E-state index in [-0.39, 0.29) is 0 Å². The lowest BCUT2D eigenvalue weighted by Gasteiger charge is -2.11. The molecule has 5 heteroatoms. The predicted molar refractivity (Wildman–Crippen MR) is 207 cm³/mol. The summed E-state index contributed by atoms with van der Waals surface area (Å²) in [6, 6.07) is 56.7. The van der Waals surface area contributed by atoms with Crippen LogP contribution in [0.15, 0.2) is 173 Å². The second kappa shape index (κ2) is 10.8. The zero-order chi connectivity index (χ0) is 33.5. The molecule has 11 rings (SSSR count). The van der Waals surface area contributed by atoms with Crippen LogP contribution in [0.2, 0.25) is 0 Å². The Morgan fingerprint density at radius 3 is 1.80 bits per heavy atom. The molecule has 5 nitrogen and oxygen atoms in total. The maximum absolute atomic E-state index is 6.52. The Bertz CT molecular complexity index is 3110. The van der Waals surface area contributed by atoms with Crippen molar-refractivity contribution in [2.45, 2.75) is 0 Å². The summed E-state index contributed by atoms with van der Waals surface area (Å²) in [7, 11) is 0. The molecule has 0 radical (unpaired) electrons. The number of hydrogen-bond acceptors (Lipinski definition) is 4. The molecule has 0 atom stereocenters. The maximum Gasteiger partial charge on any atom is 0.180 e. The Hall–Kier alpha value is -6.98. The second-order valence-corrected chi connectivity index (χ2v) is 13.0. The SMILES string of the molecule is c1cc(-c2cccc3c2oc2ccccc23)cc(-c2nc(-c3cccc(-n4c5ccccc5c5ccccc54)c3)nc3c2oc2ccccc23)c1. The third-order valence-corrected chi connectivity index (χ3v) is 10.0. The van der Waals surface area contributed by atoms with Crippen LogP contribution in [0.4, 0.5) is 0 Å². The van der Waals surface area contributed by atoms with Gasteiger partial charge in [0, 0.05) is 49.3 Å². The van der Waals surface area contributed by atoms with Crippen LogP contribution in [-0.2, 0) is 0 Å². The second-order valence-electron chi connectivity index (χ2n) is 13.0. The van der Waals surface area contributed by atoms with Crippen molar-refractivity contribution in [1.29, 1.82) is 0 Å². The van der Waals surface area contributed by atoms with E-state index in [1.54, 1.807) is 0 Å². The van der Waals surface area contributed by atoms with Crippen molar-refractivity contribution in [3.63, 3.8) is 0 Å². The van der Waals surface area contributed by atoms with Gasteiger partial charge in [-0.3, -0.25) is 0 Å². The minimum Gasteiger partial charge on any atom is -0.455 e. The quantitative estimate of drug-likeness (QED) is 0.190. The van der Waals surface area contributed by atoms with Gasteiger partial charge in [0.2, 0.25) is 0 Å². The summed E-state index contributed by atoms with van der Waals surface area (Å²) in [6.45, 7) is 0. The van der Waals surface area contributed by atoms with E-state index < -0.39 is 0 Å². The Kier molecular flexibility index (Phi) is 5.89. The minimum atomic E-state index is 0.636. The van der Waals surface area contributed by atoms with Crippen molar-refractivity contribution in [3.05, 3.63) is 164 Å². The largest absolute Gasteiger partial charge is 0.455 e. The third kappa shape index (κ3) is 4.22. The van der Waals surface area contributed by atoms with E-state index in [0.717, 1.165) is 83.1 Å². The van der Waals surface area contributed by atoms with Crippen LogP contribution in [0.3, 0.4) is 0 Å². The lowest BCUT2D eigenvalue weighted by Crippen LogP contribution is -1.97. The van der Waals surface area contributed by atoms with Crippen LogP contribution in [0.25, 0.3) is 105 Å². The van der Waals surface area contributed by atoms with Crippen LogP contribution in [0.5, 0.6) is 0 Å². The van der Waals surface area contributed by atoms with Crippen LogP contribution in [0.1, 0.15) is 0 Å². The van der Waals surface area contributed by atoms with Gasteiger partial charge in [0.15, 0.2) is 11.4 Å². The first-order chi connectivity index (χ1) is 25.3. The van der Waals surface area contributed by atoms with Gasteiger partial charge in [-0.1, -0.05) is 115 Å². The summed E-state index contributed by atoms with van der Waals surface area (Å²) in [5.41, 5.74) is 12.0. The van der Waals surface area contributed by atoms with Gasteiger partial charge in [-0.05, 0) is 54.1 Å². The minimum absolute atomic E-state index is 0.636. The zero-order valence-corrected chi connectivity index (χ0v) is 27.2. The van der Waals surface area contributed by atoms with Crippen molar-refractivity contribution in [3.8, 4) is 39.5 Å². The third-order valence-electron chi connectivity index (χ3n) is 10.0. The predicted octanol–water partition coefficient (Wildman–Crippen LogP) is 12.4. The van der Waals surface area contributed by atoms with Crippen molar-refractivity contribution < 1.29 is 8.83 Å². The molecule has 238 valence electrons. The van der Waals surface area contributed by atoms with Gasteiger partial charge >= 0.3 is 0 Å². The number of rotatable bonds is 4. The number of fused-ring (bicyclic) bond motifs is 9. The van der Waals surface area contributed by atoms with Crippen molar-refractivity contribution in [2.75, 3.05) is 0 Å². The lowest BCUT2D eigenvalue weighted by atomic mass is 9.99. The summed E-state index contributed by atoms with van der Waals surface area (Å²) < 4.78 is 15.3. The van der Waals surface area contributed by atoms with E-state index in [2.05, 4.69) is 138 Å². The molecule has 0 unspecified atom stereocenters. The summed E-state index contributed by atoms with van der Waals surface area (Å²) in [6.07, 6.45) is 0. The summed E-state index contributed by atoms with van der Waals surface area (Å²) in [4.78, 5) is 10.5. The number of aromatic nitrogens is 3. The fourth-order valence-corrected chi connectivity index (χ4v) is 7.71. The van der Waals surface area contributed by atoms with E-state index >= 15 is 0 Å². The molecule has 0 fully saturated rings. The maximum atomic E-state index is 6.52. The Morgan fingerprint density at radius 2 is 1.00 bits per heavy atom. The molecule has 0 aliphatic carbocycles. The molecule has 0 N–H and O–H groups in total. The number of furan rings is 2. The molecule has 0 saturated heterocycles. The Morgan fingerprint density at radius 1 is 0.412 bits per heavy atom. The summed E-state index contributed by atoms with van der Waals surface area (Å²) in [5, 5.41) is 5.61. The van der Waals surface area contributed by atoms with Gasteiger partial charge in [0.05, 0.1) is 11.0 Å². The molecule has 7 aromatic carbocycles. The highest BCUT2D eigenvalue weighted by Gasteiger charge is 2.20. The first-order valence-electron chi connectivity index (χ1n) is 17.1. The normalized spacial score (nSPS) is 11.9. The molecule has 0 amide bonds. The van der Waals surface area contributed by atoms with Crippen molar-refractivity contribution in [1.82, 2.24) is 14.5 Å². The summed E-state index contributed by atoms with van der Waals surface area (Å²) in [5.74, 6) is 0.636. The highest BCUT2D eigenvalue weighted by molar-refractivity contribution is 6.11. The molecule has 11 aromatic rings. The topological polar surface area (TPSA) is 57.0 Å². The Labute approximate surface area is 291 Å². The molecule has 0 aliphatic rings. The molecule has 0 saturated carbocycles.